The van der Waals surface area contributed by atoms with Crippen LogP contribution in [0.1, 0.15) is 23.6 Å². The maximum Gasteiger partial charge on any atom is 0.316 e. The highest BCUT2D eigenvalue weighted by molar-refractivity contribution is 7.99. The third-order valence-corrected chi connectivity index (χ3v) is 5.67. The molecule has 0 spiro atoms. The van der Waals surface area contributed by atoms with Gasteiger partial charge in [0.25, 0.3) is 5.91 Å². The smallest absolute Gasteiger partial charge is 0.316 e. The summed E-state index contributed by atoms with van der Waals surface area (Å²) in [4.78, 5) is 24.9. The molecule has 0 radical (unpaired) electrons. The minimum absolute atomic E-state index is 0.226. The maximum atomic E-state index is 12.0. The summed E-state index contributed by atoms with van der Waals surface area (Å²) >= 11 is 3.13. The van der Waals surface area contributed by atoms with Crippen molar-refractivity contribution in [2.45, 2.75) is 18.7 Å². The highest BCUT2D eigenvalue weighted by Gasteiger charge is 2.15. The van der Waals surface area contributed by atoms with Gasteiger partial charge in [-0.25, -0.2) is 0 Å². The van der Waals surface area contributed by atoms with Crippen LogP contribution in [0.4, 0.5) is 0 Å². The quantitative estimate of drug-likeness (QED) is 0.586. The van der Waals surface area contributed by atoms with Crippen LogP contribution in [0.3, 0.4) is 0 Å². The largest absolute Gasteiger partial charge is 0.459 e. The Bertz CT molecular complexity index is 840. The van der Waals surface area contributed by atoms with Crippen molar-refractivity contribution in [3.63, 3.8) is 0 Å². The number of hydrogen-bond donors (Lipinski definition) is 1. The number of para-hydroxylation sites is 1. The number of fused-ring (bicyclic) bond motifs is 1. The van der Waals surface area contributed by atoms with Crippen LogP contribution in [0.2, 0.25) is 0 Å². The molecule has 5 nitrogen and oxygen atoms in total. The monoisotopic (exact) mass is 389 g/mol. The van der Waals surface area contributed by atoms with Crippen LogP contribution in [0.25, 0.3) is 11.0 Å². The Balaban J connectivity index is 1.39. The molecule has 0 aliphatic heterocycles. The molecule has 0 saturated carbocycles. The molecule has 1 amide bonds. The van der Waals surface area contributed by atoms with E-state index < -0.39 is 5.97 Å². The number of esters is 1. The van der Waals surface area contributed by atoms with Crippen molar-refractivity contribution in [1.82, 2.24) is 5.32 Å². The number of carbonyl (C=O) groups is 2. The summed E-state index contributed by atoms with van der Waals surface area (Å²) < 4.78 is 10.7. The normalized spacial score (nSPS) is 12.0. The van der Waals surface area contributed by atoms with E-state index in [0.717, 1.165) is 16.7 Å². The number of thioether (sulfide) groups is 1. The molecule has 26 heavy (non-hydrogen) atoms. The lowest BCUT2D eigenvalue weighted by molar-refractivity contribution is -0.146. The van der Waals surface area contributed by atoms with E-state index in [1.54, 1.807) is 11.3 Å². The maximum absolute atomic E-state index is 12.0. The minimum atomic E-state index is -0.391. The molecule has 1 atom stereocenters. The second kappa shape index (κ2) is 8.91. The van der Waals surface area contributed by atoms with Crippen molar-refractivity contribution in [2.24, 2.45) is 0 Å². The van der Waals surface area contributed by atoms with Gasteiger partial charge in [-0.05, 0) is 30.5 Å². The number of hydrogen-bond acceptors (Lipinski definition) is 6. The molecule has 2 aromatic heterocycles. The van der Waals surface area contributed by atoms with Gasteiger partial charge in [-0.1, -0.05) is 24.3 Å². The number of benzene rings is 1. The van der Waals surface area contributed by atoms with Crippen molar-refractivity contribution < 1.29 is 18.7 Å². The van der Waals surface area contributed by atoms with Gasteiger partial charge in [0.2, 0.25) is 0 Å². The molecule has 0 unspecified atom stereocenters. The molecule has 0 aliphatic rings. The molecule has 3 aromatic rings. The van der Waals surface area contributed by atoms with Crippen molar-refractivity contribution in [1.29, 1.82) is 0 Å². The van der Waals surface area contributed by atoms with Crippen LogP contribution in [0.5, 0.6) is 0 Å². The van der Waals surface area contributed by atoms with Gasteiger partial charge >= 0.3 is 5.97 Å². The Morgan fingerprint density at radius 2 is 2.12 bits per heavy atom. The van der Waals surface area contributed by atoms with Gasteiger partial charge < -0.3 is 14.5 Å². The minimum Gasteiger partial charge on any atom is -0.459 e. The molecular formula is C19H19NO4S2. The first-order valence-electron chi connectivity index (χ1n) is 8.15. The summed E-state index contributed by atoms with van der Waals surface area (Å²) in [6.45, 7) is 1.54. The highest BCUT2D eigenvalue weighted by atomic mass is 32.2. The Hall–Kier alpha value is -2.25. The fraction of sp³-hybridized carbons (Fsp3) is 0.263. The highest BCUT2D eigenvalue weighted by Crippen LogP contribution is 2.23. The summed E-state index contributed by atoms with van der Waals surface area (Å²) in [7, 11) is 0. The van der Waals surface area contributed by atoms with E-state index in [0.29, 0.717) is 5.76 Å². The van der Waals surface area contributed by atoms with E-state index in [2.05, 4.69) is 5.32 Å². The first-order chi connectivity index (χ1) is 12.6. The number of rotatable bonds is 8. The predicted molar refractivity (Wildman–Crippen MR) is 104 cm³/mol. The second-order valence-electron chi connectivity index (χ2n) is 5.71. The van der Waals surface area contributed by atoms with E-state index in [1.807, 2.05) is 54.8 Å². The zero-order chi connectivity index (χ0) is 18.4. The van der Waals surface area contributed by atoms with Gasteiger partial charge in [0, 0.05) is 16.0 Å². The fourth-order valence-corrected chi connectivity index (χ4v) is 4.05. The van der Waals surface area contributed by atoms with E-state index in [4.69, 9.17) is 9.15 Å². The Morgan fingerprint density at radius 1 is 1.27 bits per heavy atom. The van der Waals surface area contributed by atoms with E-state index in [9.17, 15) is 9.59 Å². The number of amides is 1. The lowest BCUT2D eigenvalue weighted by Gasteiger charge is -2.11. The number of ether oxygens (including phenoxy) is 1. The predicted octanol–water partition coefficient (Wildman–Crippen LogP) is 4.15. The number of carbonyl (C=O) groups excluding carboxylic acids is 2. The van der Waals surface area contributed by atoms with Crippen LogP contribution >= 0.6 is 23.1 Å². The van der Waals surface area contributed by atoms with Gasteiger partial charge in [0.1, 0.15) is 11.3 Å². The summed E-state index contributed by atoms with van der Waals surface area (Å²) in [5, 5.41) is 5.76. The Labute approximate surface area is 159 Å². The number of furan rings is 1. The molecule has 0 bridgehead atoms. The van der Waals surface area contributed by atoms with Crippen molar-refractivity contribution in [2.75, 3.05) is 12.4 Å². The topological polar surface area (TPSA) is 68.5 Å². The van der Waals surface area contributed by atoms with Crippen LogP contribution in [-0.2, 0) is 20.1 Å². The van der Waals surface area contributed by atoms with Gasteiger partial charge in [0.05, 0.1) is 11.8 Å². The Kier molecular flexibility index (Phi) is 6.35. The molecule has 1 N–H and O–H groups in total. The summed E-state index contributed by atoms with van der Waals surface area (Å²) in [6.07, 6.45) is 0. The van der Waals surface area contributed by atoms with E-state index >= 15 is 0 Å². The standard InChI is InChI=1S/C19H19NO4S2/c1-13(17-9-14-5-2-3-7-16(14)24-17)20-18(21)10-23-19(22)12-25-11-15-6-4-8-26-15/h2-9,13H,10-12H2,1H3,(H,20,21)/t13-/m1/s1. The van der Waals surface area contributed by atoms with Crippen molar-refractivity contribution >= 4 is 45.9 Å². The molecular weight excluding hydrogens is 370 g/mol. The molecule has 0 aliphatic carbocycles. The zero-order valence-corrected chi connectivity index (χ0v) is 15.9. The van der Waals surface area contributed by atoms with E-state index in [-0.39, 0.29) is 24.3 Å². The zero-order valence-electron chi connectivity index (χ0n) is 14.3. The fourth-order valence-electron chi connectivity index (χ4n) is 2.39. The second-order valence-corrected chi connectivity index (χ2v) is 7.73. The SMILES string of the molecule is C[C@@H](NC(=O)COC(=O)CSCc1cccs1)c1cc2ccccc2o1. The van der Waals surface area contributed by atoms with Crippen LogP contribution < -0.4 is 5.32 Å². The first kappa shape index (κ1) is 18.5. The lowest BCUT2D eigenvalue weighted by atomic mass is 10.2. The van der Waals surface area contributed by atoms with Crippen LogP contribution in [0, 0.1) is 0 Å². The molecule has 3 rings (SSSR count). The number of nitrogens with one attached hydrogen (secondary N) is 1. The lowest BCUT2D eigenvalue weighted by Crippen LogP contribution is -2.31. The molecule has 136 valence electrons. The molecule has 0 saturated heterocycles. The third-order valence-electron chi connectivity index (χ3n) is 3.66. The average Bonchev–Trinajstić information content (AvgIpc) is 3.29. The summed E-state index contributed by atoms with van der Waals surface area (Å²) in [5.74, 6) is 0.914. The van der Waals surface area contributed by atoms with Gasteiger partial charge in [0.15, 0.2) is 6.61 Å². The van der Waals surface area contributed by atoms with Crippen LogP contribution in [-0.4, -0.2) is 24.2 Å². The summed E-state index contributed by atoms with van der Waals surface area (Å²) in [5.41, 5.74) is 0.776. The molecule has 1 aromatic carbocycles. The average molecular weight is 389 g/mol. The van der Waals surface area contributed by atoms with Crippen LogP contribution in [0.15, 0.2) is 52.3 Å². The van der Waals surface area contributed by atoms with Crippen molar-refractivity contribution in [3.05, 3.63) is 58.5 Å². The molecule has 0 fully saturated rings. The molecule has 7 heteroatoms. The Morgan fingerprint density at radius 3 is 2.88 bits per heavy atom. The molecule has 2 heterocycles. The van der Waals surface area contributed by atoms with E-state index in [1.165, 1.54) is 16.6 Å². The van der Waals surface area contributed by atoms with Gasteiger partial charge in [-0.2, -0.15) is 0 Å². The first-order valence-corrected chi connectivity index (χ1v) is 10.2. The van der Waals surface area contributed by atoms with Gasteiger partial charge in [-0.15, -0.1) is 23.1 Å². The third kappa shape index (κ3) is 5.12. The summed E-state index contributed by atoms with van der Waals surface area (Å²) in [6, 6.07) is 13.3. The van der Waals surface area contributed by atoms with Gasteiger partial charge in [-0.3, -0.25) is 9.59 Å². The van der Waals surface area contributed by atoms with Crippen molar-refractivity contribution in [3.8, 4) is 0 Å². The number of thiophene rings is 1.